The maximum Gasteiger partial charge on any atom is 0.412 e. The fraction of sp³-hybridized carbons (Fsp3) is 0.367. The molecule has 3 unspecified atom stereocenters. The second-order valence-electron chi connectivity index (χ2n) is 11.4. The monoisotopic (exact) mass is 560 g/mol. The van der Waals surface area contributed by atoms with Crippen LogP contribution in [0.2, 0.25) is 0 Å². The fourth-order valence-electron chi connectivity index (χ4n) is 5.17. The minimum Gasteiger partial charge on any atom is -0.444 e. The molecule has 41 heavy (non-hydrogen) atoms. The van der Waals surface area contributed by atoms with E-state index in [4.69, 9.17) is 9.84 Å². The van der Waals surface area contributed by atoms with Crippen molar-refractivity contribution in [2.75, 3.05) is 17.2 Å². The lowest BCUT2D eigenvalue weighted by Crippen LogP contribution is -2.27. The number of nitrogens with zero attached hydrogens (tertiary/aromatic N) is 4. The number of carbonyl (C=O) groups excluding carboxylic acids is 2. The number of aromatic nitrogens is 4. The van der Waals surface area contributed by atoms with Crippen molar-refractivity contribution in [3.8, 4) is 11.1 Å². The van der Waals surface area contributed by atoms with Crippen LogP contribution >= 0.6 is 0 Å². The van der Waals surface area contributed by atoms with Gasteiger partial charge in [-0.05, 0) is 68.3 Å². The maximum absolute atomic E-state index is 16.0. The number of anilines is 2. The number of carbonyl (C=O) groups is 2. The first kappa shape index (κ1) is 28.2. The van der Waals surface area contributed by atoms with Crippen LogP contribution in [0.25, 0.3) is 21.9 Å². The summed E-state index contributed by atoms with van der Waals surface area (Å²) in [5, 5.41) is 19.8. The number of aryl methyl sites for hydroxylation is 1. The van der Waals surface area contributed by atoms with Crippen molar-refractivity contribution in [3.05, 3.63) is 66.1 Å². The number of pyridine rings is 2. The summed E-state index contributed by atoms with van der Waals surface area (Å²) in [5.74, 6) is -0.648. The molecule has 0 radical (unpaired) electrons. The molecule has 4 aromatic rings. The maximum atomic E-state index is 16.0. The number of rotatable bonds is 7. The van der Waals surface area contributed by atoms with Gasteiger partial charge >= 0.3 is 6.09 Å². The van der Waals surface area contributed by atoms with Gasteiger partial charge in [0.1, 0.15) is 11.4 Å². The predicted molar refractivity (Wildman–Crippen MR) is 153 cm³/mol. The topological polar surface area (TPSA) is 131 Å². The summed E-state index contributed by atoms with van der Waals surface area (Å²) < 4.78 is 23.0. The quantitative estimate of drug-likeness (QED) is 0.281. The van der Waals surface area contributed by atoms with Crippen LogP contribution in [-0.4, -0.2) is 49.1 Å². The van der Waals surface area contributed by atoms with E-state index in [-0.39, 0.29) is 41.5 Å². The van der Waals surface area contributed by atoms with Crippen molar-refractivity contribution in [2.45, 2.75) is 52.7 Å². The van der Waals surface area contributed by atoms with Gasteiger partial charge in [0.05, 0.1) is 25.0 Å². The number of halogens is 1. The Morgan fingerprint density at radius 1 is 1.15 bits per heavy atom. The first-order chi connectivity index (χ1) is 19.5. The average Bonchev–Trinajstić information content (AvgIpc) is 3.35. The van der Waals surface area contributed by atoms with Crippen molar-refractivity contribution in [2.24, 2.45) is 11.8 Å². The highest BCUT2D eigenvalue weighted by atomic mass is 19.1. The Morgan fingerprint density at radius 2 is 1.93 bits per heavy atom. The summed E-state index contributed by atoms with van der Waals surface area (Å²) in [7, 11) is 0. The van der Waals surface area contributed by atoms with E-state index in [9.17, 15) is 9.59 Å². The third-order valence-corrected chi connectivity index (χ3v) is 7.22. The Bertz CT molecular complexity index is 1630. The number of benzene rings is 1. The molecule has 0 bridgehead atoms. The molecule has 3 atom stereocenters. The van der Waals surface area contributed by atoms with Gasteiger partial charge in [-0.3, -0.25) is 19.8 Å². The van der Waals surface area contributed by atoms with E-state index in [1.165, 1.54) is 6.20 Å². The molecule has 0 aliphatic heterocycles. The number of ether oxygens (including phenoxy) is 1. The molecule has 3 aromatic heterocycles. The standard InChI is InChI=1S/C30H33FN6O4/c1-16-6-7-32-13-21(16)20-10-18-11-23(33-14-22(18)27(26(20)31)36-29(40)41-30(3,4)5)35-28(39)25-17(2)24(25)19-12-34-37(15-19)8-9-38/h6-7,10-15,17,24-25,38H,8-9H2,1-5H3,(H,36,40)(H,33,35,39). The van der Waals surface area contributed by atoms with E-state index < -0.39 is 17.5 Å². The second kappa shape index (κ2) is 10.9. The molecule has 5 rings (SSSR count). The number of amides is 2. The summed E-state index contributed by atoms with van der Waals surface area (Å²) in [6.45, 7) is 9.40. The molecular weight excluding hydrogens is 527 g/mol. The number of fused-ring (bicyclic) bond motifs is 1. The average molecular weight is 561 g/mol. The lowest BCUT2D eigenvalue weighted by Gasteiger charge is -2.21. The zero-order chi connectivity index (χ0) is 29.5. The Morgan fingerprint density at radius 3 is 2.63 bits per heavy atom. The Balaban J connectivity index is 1.46. The third kappa shape index (κ3) is 5.90. The summed E-state index contributed by atoms with van der Waals surface area (Å²) in [4.78, 5) is 34.4. The van der Waals surface area contributed by atoms with Gasteiger partial charge in [-0.15, -0.1) is 0 Å². The van der Waals surface area contributed by atoms with Gasteiger partial charge in [0.2, 0.25) is 5.91 Å². The molecule has 3 heterocycles. The van der Waals surface area contributed by atoms with Crippen LogP contribution in [0.15, 0.2) is 49.2 Å². The number of aliphatic hydroxyl groups excluding tert-OH is 1. The Labute approximate surface area is 237 Å². The van der Waals surface area contributed by atoms with Gasteiger partial charge in [0.15, 0.2) is 5.82 Å². The molecular formula is C30H33FN6O4. The minimum absolute atomic E-state index is 0.0140. The predicted octanol–water partition coefficient (Wildman–Crippen LogP) is 5.27. The van der Waals surface area contributed by atoms with E-state index in [2.05, 4.69) is 25.7 Å². The van der Waals surface area contributed by atoms with Crippen LogP contribution in [0.1, 0.15) is 44.7 Å². The molecule has 214 valence electrons. The number of hydrogen-bond donors (Lipinski definition) is 3. The van der Waals surface area contributed by atoms with Gasteiger partial charge in [0, 0.05) is 53.1 Å². The van der Waals surface area contributed by atoms with E-state index in [1.807, 2.05) is 20.0 Å². The zero-order valence-electron chi connectivity index (χ0n) is 23.6. The Kier molecular flexibility index (Phi) is 7.48. The smallest absolute Gasteiger partial charge is 0.412 e. The normalized spacial score (nSPS) is 18.3. The largest absolute Gasteiger partial charge is 0.444 e. The van der Waals surface area contributed by atoms with E-state index in [0.29, 0.717) is 28.7 Å². The fourth-order valence-corrected chi connectivity index (χ4v) is 5.17. The first-order valence-electron chi connectivity index (χ1n) is 13.4. The molecule has 3 N–H and O–H groups in total. The van der Waals surface area contributed by atoms with E-state index >= 15 is 4.39 Å². The molecule has 10 nitrogen and oxygen atoms in total. The van der Waals surface area contributed by atoms with Gasteiger partial charge in [-0.25, -0.2) is 14.2 Å². The summed E-state index contributed by atoms with van der Waals surface area (Å²) >= 11 is 0. The molecule has 0 spiro atoms. The highest BCUT2D eigenvalue weighted by Crippen LogP contribution is 2.54. The Hall–Kier alpha value is -4.38. The highest BCUT2D eigenvalue weighted by Gasteiger charge is 2.53. The first-order valence-corrected chi connectivity index (χ1v) is 13.4. The molecule has 1 saturated carbocycles. The van der Waals surface area contributed by atoms with Crippen molar-refractivity contribution < 1.29 is 23.8 Å². The third-order valence-electron chi connectivity index (χ3n) is 7.22. The van der Waals surface area contributed by atoms with E-state index in [0.717, 1.165) is 11.1 Å². The summed E-state index contributed by atoms with van der Waals surface area (Å²) in [6.07, 6.45) is 7.40. The van der Waals surface area contributed by atoms with Gasteiger partial charge in [0.25, 0.3) is 0 Å². The molecule has 1 aliphatic carbocycles. The van der Waals surface area contributed by atoms with Crippen LogP contribution < -0.4 is 10.6 Å². The molecule has 2 amide bonds. The van der Waals surface area contributed by atoms with Crippen LogP contribution in [-0.2, 0) is 16.1 Å². The zero-order valence-corrected chi connectivity index (χ0v) is 23.6. The van der Waals surface area contributed by atoms with Crippen molar-refractivity contribution >= 4 is 34.3 Å². The minimum atomic E-state index is -0.800. The lowest BCUT2D eigenvalue weighted by atomic mass is 9.98. The lowest BCUT2D eigenvalue weighted by molar-refractivity contribution is -0.117. The number of aliphatic hydroxyl groups is 1. The van der Waals surface area contributed by atoms with Crippen molar-refractivity contribution in [1.82, 2.24) is 19.7 Å². The summed E-state index contributed by atoms with van der Waals surface area (Å²) in [6, 6.07) is 5.09. The highest BCUT2D eigenvalue weighted by molar-refractivity contribution is 6.05. The van der Waals surface area contributed by atoms with Crippen LogP contribution in [0.5, 0.6) is 0 Å². The summed E-state index contributed by atoms with van der Waals surface area (Å²) in [5.41, 5.74) is 1.71. The van der Waals surface area contributed by atoms with E-state index in [1.54, 1.807) is 62.2 Å². The van der Waals surface area contributed by atoms with Gasteiger partial charge in [-0.1, -0.05) is 6.92 Å². The molecule has 1 aliphatic rings. The number of hydrogen-bond acceptors (Lipinski definition) is 7. The molecule has 11 heteroatoms. The number of nitrogens with one attached hydrogen (secondary N) is 2. The van der Waals surface area contributed by atoms with Crippen LogP contribution in [0.4, 0.5) is 20.7 Å². The van der Waals surface area contributed by atoms with Crippen molar-refractivity contribution in [3.63, 3.8) is 0 Å². The van der Waals surface area contributed by atoms with Gasteiger partial charge in [-0.2, -0.15) is 5.10 Å². The van der Waals surface area contributed by atoms with Gasteiger partial charge < -0.3 is 15.2 Å². The second-order valence-corrected chi connectivity index (χ2v) is 11.4. The molecule has 1 fully saturated rings. The van der Waals surface area contributed by atoms with Crippen LogP contribution in [0, 0.1) is 24.6 Å². The van der Waals surface area contributed by atoms with Crippen molar-refractivity contribution in [1.29, 1.82) is 0 Å². The molecule has 1 aromatic carbocycles. The molecule has 0 saturated heterocycles. The SMILES string of the molecule is Cc1ccncc1-c1cc2cc(NC(=O)C3C(C)C3c3cnn(CCO)c3)ncc2c(NC(=O)OC(C)(C)C)c1F. The van der Waals surface area contributed by atoms with Crippen LogP contribution in [0.3, 0.4) is 0 Å².